The third-order valence-electron chi connectivity index (χ3n) is 4.99. The second-order valence-electron chi connectivity index (χ2n) is 6.68. The summed E-state index contributed by atoms with van der Waals surface area (Å²) in [6.45, 7) is -0.423. The molecule has 0 aliphatic heterocycles. The van der Waals surface area contributed by atoms with E-state index >= 15 is 0 Å². The Kier molecular flexibility index (Phi) is 5.64. The fourth-order valence-electron chi connectivity index (χ4n) is 3.59. The number of amides is 1. The van der Waals surface area contributed by atoms with Crippen LogP contribution in [0.2, 0.25) is 0 Å². The predicted octanol–water partition coefficient (Wildman–Crippen LogP) is 3.61. The Morgan fingerprint density at radius 1 is 1.07 bits per heavy atom. The Hall–Kier alpha value is -3.02. The lowest BCUT2D eigenvalue weighted by Gasteiger charge is -2.28. The van der Waals surface area contributed by atoms with Gasteiger partial charge in [-0.3, -0.25) is 4.79 Å². The Balaban J connectivity index is 1.79. The molecule has 0 radical (unpaired) electrons. The normalized spacial score (nSPS) is 15.1. The number of hydrogen-bond acceptors (Lipinski definition) is 4. The summed E-state index contributed by atoms with van der Waals surface area (Å²) in [6, 6.07) is 14.5. The Bertz CT molecular complexity index is 810. The number of hydrogen-bond donors (Lipinski definition) is 2. The summed E-state index contributed by atoms with van der Waals surface area (Å²) < 4.78 is 10.4. The van der Waals surface area contributed by atoms with Gasteiger partial charge in [0.1, 0.15) is 11.5 Å². The van der Waals surface area contributed by atoms with E-state index in [1.807, 2.05) is 24.3 Å². The molecule has 2 N–H and O–H groups in total. The summed E-state index contributed by atoms with van der Waals surface area (Å²) in [5, 5.41) is 11.7. The summed E-state index contributed by atoms with van der Waals surface area (Å²) in [4.78, 5) is 23.8. The number of ether oxygens (including phenoxy) is 2. The molecule has 0 heterocycles. The van der Waals surface area contributed by atoms with E-state index in [4.69, 9.17) is 14.6 Å². The predicted molar refractivity (Wildman–Crippen MR) is 101 cm³/mol. The number of carbonyl (C=O) groups excluding carboxylic acids is 1. The minimum atomic E-state index is -1.05. The average molecular weight is 369 g/mol. The van der Waals surface area contributed by atoms with Crippen molar-refractivity contribution < 1.29 is 24.2 Å². The molecule has 142 valence electrons. The van der Waals surface area contributed by atoms with Crippen LogP contribution in [0.25, 0.3) is 0 Å². The van der Waals surface area contributed by atoms with E-state index in [1.54, 1.807) is 31.4 Å². The summed E-state index contributed by atoms with van der Waals surface area (Å²) in [6.07, 6.45) is 3.59. The van der Waals surface area contributed by atoms with E-state index < -0.39 is 18.0 Å². The van der Waals surface area contributed by atoms with Crippen LogP contribution in [0.15, 0.2) is 48.5 Å². The molecule has 0 spiro atoms. The third kappa shape index (κ3) is 4.22. The van der Waals surface area contributed by atoms with Gasteiger partial charge in [-0.15, -0.1) is 0 Å². The van der Waals surface area contributed by atoms with Gasteiger partial charge in [0.05, 0.1) is 12.5 Å². The maximum absolute atomic E-state index is 13.2. The Morgan fingerprint density at radius 3 is 2.41 bits per heavy atom. The molecule has 0 unspecified atom stereocenters. The number of methoxy groups -OCH3 is 1. The van der Waals surface area contributed by atoms with Gasteiger partial charge >= 0.3 is 5.97 Å². The van der Waals surface area contributed by atoms with Gasteiger partial charge in [0.25, 0.3) is 0 Å². The highest BCUT2D eigenvalue weighted by Crippen LogP contribution is 2.42. The molecular weight excluding hydrogens is 346 g/mol. The Labute approximate surface area is 158 Å². The van der Waals surface area contributed by atoms with E-state index in [-0.39, 0.29) is 5.91 Å². The van der Waals surface area contributed by atoms with Gasteiger partial charge in [0, 0.05) is 11.8 Å². The molecule has 1 amide bonds. The zero-order valence-electron chi connectivity index (χ0n) is 15.2. The first kappa shape index (κ1) is 18.8. The number of carbonyl (C=O) groups is 2. The molecule has 27 heavy (non-hydrogen) atoms. The number of aliphatic carboxylic acids is 1. The molecule has 6 nitrogen and oxygen atoms in total. The molecule has 0 aromatic heterocycles. The molecule has 0 atom stereocenters. The quantitative estimate of drug-likeness (QED) is 0.779. The molecule has 1 saturated carbocycles. The van der Waals surface area contributed by atoms with Gasteiger partial charge in [-0.25, -0.2) is 4.79 Å². The first-order valence-electron chi connectivity index (χ1n) is 8.94. The van der Waals surface area contributed by atoms with Crippen LogP contribution in [-0.4, -0.2) is 30.7 Å². The molecular formula is C21H23NO5. The van der Waals surface area contributed by atoms with Crippen LogP contribution in [0.4, 0.5) is 5.69 Å². The molecule has 3 rings (SSSR count). The molecule has 2 aromatic carbocycles. The van der Waals surface area contributed by atoms with Crippen LogP contribution in [-0.2, 0) is 15.0 Å². The van der Waals surface area contributed by atoms with E-state index in [9.17, 15) is 9.59 Å². The van der Waals surface area contributed by atoms with E-state index in [0.29, 0.717) is 11.4 Å². The largest absolute Gasteiger partial charge is 0.497 e. The van der Waals surface area contributed by atoms with E-state index in [2.05, 4.69) is 5.32 Å². The number of rotatable bonds is 7. The molecule has 0 saturated heterocycles. The van der Waals surface area contributed by atoms with Crippen molar-refractivity contribution in [3.8, 4) is 11.5 Å². The maximum atomic E-state index is 13.2. The van der Waals surface area contributed by atoms with Gasteiger partial charge in [-0.2, -0.15) is 0 Å². The van der Waals surface area contributed by atoms with Crippen LogP contribution in [0, 0.1) is 0 Å². The van der Waals surface area contributed by atoms with Crippen LogP contribution in [0.3, 0.4) is 0 Å². The molecule has 1 aliphatic carbocycles. The highest BCUT2D eigenvalue weighted by molar-refractivity contribution is 5.99. The van der Waals surface area contributed by atoms with Crippen molar-refractivity contribution in [3.05, 3.63) is 54.1 Å². The standard InChI is InChI=1S/C21H23NO5/c1-26-17-9-7-15(8-10-17)21(11-2-3-12-21)20(25)22-16-5-4-6-18(13-16)27-14-19(23)24/h4-10,13H,2-3,11-12,14H2,1H3,(H,22,25)(H,23,24). The maximum Gasteiger partial charge on any atom is 0.341 e. The average Bonchev–Trinajstić information content (AvgIpc) is 3.18. The molecule has 2 aromatic rings. The van der Waals surface area contributed by atoms with Gasteiger partial charge in [-0.1, -0.05) is 31.0 Å². The minimum Gasteiger partial charge on any atom is -0.497 e. The van der Waals surface area contributed by atoms with Crippen molar-refractivity contribution in [3.63, 3.8) is 0 Å². The van der Waals surface area contributed by atoms with Crippen LogP contribution < -0.4 is 14.8 Å². The lowest BCUT2D eigenvalue weighted by molar-refractivity contribution is -0.139. The molecule has 0 bridgehead atoms. The lowest BCUT2D eigenvalue weighted by atomic mass is 9.78. The van der Waals surface area contributed by atoms with Crippen molar-refractivity contribution >= 4 is 17.6 Å². The zero-order chi connectivity index (χ0) is 19.3. The second kappa shape index (κ2) is 8.12. The number of carboxylic acid groups (broad SMARTS) is 1. The highest BCUT2D eigenvalue weighted by Gasteiger charge is 2.42. The number of anilines is 1. The van der Waals surface area contributed by atoms with Crippen molar-refractivity contribution in [2.45, 2.75) is 31.1 Å². The first-order chi connectivity index (χ1) is 13.0. The van der Waals surface area contributed by atoms with Gasteiger partial charge < -0.3 is 19.9 Å². The van der Waals surface area contributed by atoms with Gasteiger partial charge in [0.15, 0.2) is 6.61 Å². The summed E-state index contributed by atoms with van der Waals surface area (Å²) in [5.41, 5.74) is 1.00. The molecule has 1 aliphatic rings. The zero-order valence-corrected chi connectivity index (χ0v) is 15.2. The third-order valence-corrected chi connectivity index (χ3v) is 4.99. The number of carboxylic acids is 1. The first-order valence-corrected chi connectivity index (χ1v) is 8.94. The fourth-order valence-corrected chi connectivity index (χ4v) is 3.59. The highest BCUT2D eigenvalue weighted by atomic mass is 16.5. The molecule has 6 heteroatoms. The number of nitrogens with one attached hydrogen (secondary N) is 1. The number of benzene rings is 2. The van der Waals surface area contributed by atoms with Crippen LogP contribution in [0.5, 0.6) is 11.5 Å². The van der Waals surface area contributed by atoms with Crippen molar-refractivity contribution in [2.75, 3.05) is 19.0 Å². The SMILES string of the molecule is COc1ccc(C2(C(=O)Nc3cccc(OCC(=O)O)c3)CCCC2)cc1. The topological polar surface area (TPSA) is 84.9 Å². The Morgan fingerprint density at radius 2 is 1.78 bits per heavy atom. The summed E-state index contributed by atoms with van der Waals surface area (Å²) in [7, 11) is 1.62. The molecule has 1 fully saturated rings. The van der Waals surface area contributed by atoms with Crippen molar-refractivity contribution in [2.24, 2.45) is 0 Å². The monoisotopic (exact) mass is 369 g/mol. The van der Waals surface area contributed by atoms with E-state index in [1.165, 1.54) is 0 Å². The van der Waals surface area contributed by atoms with Crippen LogP contribution in [0.1, 0.15) is 31.2 Å². The van der Waals surface area contributed by atoms with Crippen molar-refractivity contribution in [1.29, 1.82) is 0 Å². The summed E-state index contributed by atoms with van der Waals surface area (Å²) in [5.74, 6) is 0.0603. The van der Waals surface area contributed by atoms with Crippen LogP contribution >= 0.6 is 0 Å². The van der Waals surface area contributed by atoms with Crippen molar-refractivity contribution in [1.82, 2.24) is 0 Å². The lowest BCUT2D eigenvalue weighted by Crippen LogP contribution is -2.38. The van der Waals surface area contributed by atoms with Gasteiger partial charge in [0.2, 0.25) is 5.91 Å². The summed E-state index contributed by atoms with van der Waals surface area (Å²) >= 11 is 0. The minimum absolute atomic E-state index is 0.0550. The van der Waals surface area contributed by atoms with E-state index in [0.717, 1.165) is 37.0 Å². The smallest absolute Gasteiger partial charge is 0.341 e. The van der Waals surface area contributed by atoms with Gasteiger partial charge in [-0.05, 0) is 42.7 Å². The fraction of sp³-hybridized carbons (Fsp3) is 0.333. The second-order valence-corrected chi connectivity index (χ2v) is 6.68.